The van der Waals surface area contributed by atoms with E-state index in [9.17, 15) is 4.79 Å². The van der Waals surface area contributed by atoms with Crippen molar-refractivity contribution >= 4 is 5.91 Å². The van der Waals surface area contributed by atoms with Gasteiger partial charge in [-0.05, 0) is 25.2 Å². The van der Waals surface area contributed by atoms with E-state index in [4.69, 9.17) is 4.74 Å². The molecule has 0 aromatic heterocycles. The van der Waals surface area contributed by atoms with Gasteiger partial charge in [0.25, 0.3) is 0 Å². The van der Waals surface area contributed by atoms with E-state index < -0.39 is 0 Å². The molecule has 0 bridgehead atoms. The molecule has 1 amide bonds. The Hall–Kier alpha value is -0.610. The maximum Gasteiger partial charge on any atom is 0.225 e. The number of likely N-dealkylation sites (tertiary alicyclic amines) is 1. The largest absolute Gasteiger partial charge is 0.353 e. The molecule has 130 valence electrons. The SMILES string of the molecule is CC(C)[C@@H]1COC23CCN(C4CCCCC4)CC2CCC(=O)N13. The van der Waals surface area contributed by atoms with Gasteiger partial charge in [0.2, 0.25) is 5.91 Å². The van der Waals surface area contributed by atoms with Gasteiger partial charge >= 0.3 is 0 Å². The summed E-state index contributed by atoms with van der Waals surface area (Å²) in [5.41, 5.74) is -0.268. The summed E-state index contributed by atoms with van der Waals surface area (Å²) in [7, 11) is 0. The quantitative estimate of drug-likeness (QED) is 0.784. The summed E-state index contributed by atoms with van der Waals surface area (Å²) in [6.45, 7) is 7.43. The molecule has 0 N–H and O–H groups in total. The van der Waals surface area contributed by atoms with Crippen molar-refractivity contribution in [2.75, 3.05) is 19.7 Å². The summed E-state index contributed by atoms with van der Waals surface area (Å²) in [6, 6.07) is 1.07. The van der Waals surface area contributed by atoms with Gasteiger partial charge in [-0.3, -0.25) is 9.69 Å². The maximum atomic E-state index is 12.7. The lowest BCUT2D eigenvalue weighted by atomic mass is 9.78. The molecular formula is C19H32N2O2. The third-order valence-electron chi connectivity index (χ3n) is 6.93. The van der Waals surface area contributed by atoms with Crippen LogP contribution in [0.4, 0.5) is 0 Å². The summed E-state index contributed by atoms with van der Waals surface area (Å²) in [5.74, 6) is 1.33. The molecule has 3 atom stereocenters. The van der Waals surface area contributed by atoms with Gasteiger partial charge < -0.3 is 9.64 Å². The summed E-state index contributed by atoms with van der Waals surface area (Å²) in [6.07, 6.45) is 9.71. The highest BCUT2D eigenvalue weighted by Crippen LogP contribution is 2.48. The number of nitrogens with zero attached hydrogens (tertiary/aromatic N) is 2. The smallest absolute Gasteiger partial charge is 0.225 e. The fraction of sp³-hybridized carbons (Fsp3) is 0.947. The van der Waals surface area contributed by atoms with Crippen LogP contribution in [0.25, 0.3) is 0 Å². The monoisotopic (exact) mass is 320 g/mol. The highest BCUT2D eigenvalue weighted by Gasteiger charge is 2.59. The van der Waals surface area contributed by atoms with E-state index in [1.807, 2.05) is 0 Å². The standard InChI is InChI=1S/C19H32N2O2/c1-14(2)17-13-23-19-10-11-20(16-6-4-3-5-7-16)12-15(19)8-9-18(22)21(17)19/h14-17H,3-13H2,1-2H3/t15?,17-,19?/m0/s1. The number of piperidine rings is 2. The van der Waals surface area contributed by atoms with Crippen LogP contribution in [-0.2, 0) is 9.53 Å². The van der Waals surface area contributed by atoms with Crippen molar-refractivity contribution in [2.45, 2.75) is 83.0 Å². The lowest BCUT2D eigenvalue weighted by Crippen LogP contribution is -2.66. The lowest BCUT2D eigenvalue weighted by Gasteiger charge is -2.54. The van der Waals surface area contributed by atoms with Crippen molar-refractivity contribution in [3.05, 3.63) is 0 Å². The number of carbonyl (C=O) groups excluding carboxylic acids is 1. The molecule has 23 heavy (non-hydrogen) atoms. The zero-order valence-corrected chi connectivity index (χ0v) is 14.8. The first kappa shape index (κ1) is 15.9. The predicted molar refractivity (Wildman–Crippen MR) is 89.9 cm³/mol. The number of ether oxygens (including phenoxy) is 1. The molecule has 4 aliphatic rings. The van der Waals surface area contributed by atoms with Crippen LogP contribution in [0.1, 0.15) is 65.2 Å². The van der Waals surface area contributed by atoms with Crippen LogP contribution < -0.4 is 0 Å². The molecule has 1 saturated carbocycles. The van der Waals surface area contributed by atoms with Gasteiger partial charge in [-0.15, -0.1) is 0 Å². The van der Waals surface area contributed by atoms with E-state index in [0.29, 0.717) is 17.7 Å². The topological polar surface area (TPSA) is 32.8 Å². The van der Waals surface area contributed by atoms with Crippen molar-refractivity contribution < 1.29 is 9.53 Å². The molecule has 0 aromatic rings. The Morgan fingerprint density at radius 2 is 1.96 bits per heavy atom. The number of hydrogen-bond acceptors (Lipinski definition) is 3. The van der Waals surface area contributed by atoms with E-state index >= 15 is 0 Å². The van der Waals surface area contributed by atoms with Crippen molar-refractivity contribution in [3.8, 4) is 0 Å². The van der Waals surface area contributed by atoms with Crippen LogP contribution in [0, 0.1) is 11.8 Å². The minimum Gasteiger partial charge on any atom is -0.353 e. The highest BCUT2D eigenvalue weighted by molar-refractivity contribution is 5.78. The first-order valence-electron chi connectivity index (χ1n) is 9.82. The second kappa shape index (κ2) is 6.03. The fourth-order valence-corrected chi connectivity index (χ4v) is 5.59. The fourth-order valence-electron chi connectivity index (χ4n) is 5.59. The summed E-state index contributed by atoms with van der Waals surface area (Å²) < 4.78 is 6.41. The maximum absolute atomic E-state index is 12.7. The molecule has 0 radical (unpaired) electrons. The zero-order chi connectivity index (χ0) is 16.0. The molecule has 4 heteroatoms. The normalized spacial score (nSPS) is 39.6. The summed E-state index contributed by atoms with van der Waals surface area (Å²) in [5, 5.41) is 0. The first-order chi connectivity index (χ1) is 11.1. The summed E-state index contributed by atoms with van der Waals surface area (Å²) >= 11 is 0. The van der Waals surface area contributed by atoms with E-state index in [0.717, 1.165) is 45.0 Å². The molecule has 3 heterocycles. The molecule has 3 aliphatic heterocycles. The van der Waals surface area contributed by atoms with E-state index in [1.165, 1.54) is 32.1 Å². The average Bonchev–Trinajstić information content (AvgIpc) is 2.96. The Labute approximate surface area is 140 Å². The Morgan fingerprint density at radius 1 is 1.17 bits per heavy atom. The molecule has 0 aromatic carbocycles. The van der Waals surface area contributed by atoms with Crippen molar-refractivity contribution in [2.24, 2.45) is 11.8 Å². The lowest BCUT2D eigenvalue weighted by molar-refractivity contribution is -0.195. The van der Waals surface area contributed by atoms with Gasteiger partial charge in [0.05, 0.1) is 12.6 Å². The van der Waals surface area contributed by atoms with Gasteiger partial charge in [-0.2, -0.15) is 0 Å². The van der Waals surface area contributed by atoms with Crippen LogP contribution in [-0.4, -0.2) is 53.2 Å². The Morgan fingerprint density at radius 3 is 2.70 bits per heavy atom. The molecule has 4 nitrogen and oxygen atoms in total. The molecule has 1 spiro atoms. The highest BCUT2D eigenvalue weighted by atomic mass is 16.5. The Kier molecular flexibility index (Phi) is 4.17. The van der Waals surface area contributed by atoms with Crippen molar-refractivity contribution in [1.82, 2.24) is 9.80 Å². The van der Waals surface area contributed by atoms with Crippen LogP contribution in [0.15, 0.2) is 0 Å². The van der Waals surface area contributed by atoms with E-state index in [1.54, 1.807) is 0 Å². The number of amides is 1. The number of rotatable bonds is 2. The molecule has 2 unspecified atom stereocenters. The molecule has 4 fully saturated rings. The van der Waals surface area contributed by atoms with Gasteiger partial charge in [0.1, 0.15) is 5.72 Å². The van der Waals surface area contributed by atoms with Crippen LogP contribution in [0.2, 0.25) is 0 Å². The Balaban J connectivity index is 1.53. The molecule has 3 saturated heterocycles. The third-order valence-corrected chi connectivity index (χ3v) is 6.93. The van der Waals surface area contributed by atoms with Gasteiger partial charge in [-0.25, -0.2) is 0 Å². The van der Waals surface area contributed by atoms with Crippen LogP contribution >= 0.6 is 0 Å². The predicted octanol–water partition coefficient (Wildman–Crippen LogP) is 3.01. The molecule has 4 rings (SSSR count). The number of hydrogen-bond donors (Lipinski definition) is 0. The molecular weight excluding hydrogens is 288 g/mol. The average molecular weight is 320 g/mol. The molecule has 1 aliphatic carbocycles. The van der Waals surface area contributed by atoms with Gasteiger partial charge in [-0.1, -0.05) is 33.1 Å². The van der Waals surface area contributed by atoms with E-state index in [-0.39, 0.29) is 11.8 Å². The van der Waals surface area contributed by atoms with E-state index in [2.05, 4.69) is 23.6 Å². The van der Waals surface area contributed by atoms with Crippen LogP contribution in [0.3, 0.4) is 0 Å². The second-order valence-electron chi connectivity index (χ2n) is 8.50. The van der Waals surface area contributed by atoms with Gasteiger partial charge in [0.15, 0.2) is 0 Å². The first-order valence-corrected chi connectivity index (χ1v) is 9.82. The number of carbonyl (C=O) groups is 1. The van der Waals surface area contributed by atoms with Crippen LogP contribution in [0.5, 0.6) is 0 Å². The minimum absolute atomic E-state index is 0.268. The summed E-state index contributed by atoms with van der Waals surface area (Å²) in [4.78, 5) is 17.6. The minimum atomic E-state index is -0.268. The zero-order valence-electron chi connectivity index (χ0n) is 14.8. The third kappa shape index (κ3) is 2.53. The second-order valence-corrected chi connectivity index (χ2v) is 8.50. The van der Waals surface area contributed by atoms with Gasteiger partial charge in [0, 0.05) is 37.9 Å². The Bertz CT molecular complexity index is 460. The van der Waals surface area contributed by atoms with Crippen molar-refractivity contribution in [1.29, 1.82) is 0 Å². The van der Waals surface area contributed by atoms with Crippen molar-refractivity contribution in [3.63, 3.8) is 0 Å².